The third-order valence-corrected chi connectivity index (χ3v) is 6.47. The summed E-state index contributed by atoms with van der Waals surface area (Å²) >= 11 is 2.44. The third kappa shape index (κ3) is 4.72. The van der Waals surface area contributed by atoms with Crippen LogP contribution in [0.4, 0.5) is 0 Å². The van der Waals surface area contributed by atoms with Crippen molar-refractivity contribution in [3.63, 3.8) is 0 Å². The van der Waals surface area contributed by atoms with E-state index in [0.717, 1.165) is 24.6 Å². The summed E-state index contributed by atoms with van der Waals surface area (Å²) in [7, 11) is 0. The predicted octanol–water partition coefficient (Wildman–Crippen LogP) is 2.19. The van der Waals surface area contributed by atoms with E-state index < -0.39 is 5.91 Å². The highest BCUT2D eigenvalue weighted by Gasteiger charge is 2.20. The molecule has 2 N–H and O–H groups in total. The molecule has 156 valence electrons. The number of carbonyl (C=O) groups is 2. The van der Waals surface area contributed by atoms with Gasteiger partial charge in [-0.15, -0.1) is 11.3 Å². The minimum atomic E-state index is -0.393. The minimum absolute atomic E-state index is 0.00102. The maximum Gasteiger partial charge on any atom is 0.279 e. The number of aromatic nitrogens is 2. The van der Waals surface area contributed by atoms with E-state index in [0.29, 0.717) is 34.1 Å². The normalized spacial score (nSPS) is 15.9. The van der Waals surface area contributed by atoms with Crippen LogP contribution < -0.4 is 16.4 Å². The number of para-hydroxylation sites is 1. The Labute approximate surface area is 180 Å². The van der Waals surface area contributed by atoms with Crippen LogP contribution in [0.1, 0.15) is 22.5 Å². The number of thiophene rings is 1. The number of hydrogen-bond acceptors (Lipinski definition) is 7. The molecule has 0 radical (unpaired) electrons. The van der Waals surface area contributed by atoms with E-state index in [1.165, 1.54) is 11.3 Å². The zero-order valence-corrected chi connectivity index (χ0v) is 17.6. The summed E-state index contributed by atoms with van der Waals surface area (Å²) < 4.78 is 7.27. The van der Waals surface area contributed by atoms with Crippen LogP contribution in [0.25, 0.3) is 10.9 Å². The van der Waals surface area contributed by atoms with Crippen molar-refractivity contribution >= 4 is 45.8 Å². The molecule has 3 heterocycles. The highest BCUT2D eigenvalue weighted by molar-refractivity contribution is 7.99. The molecular weight excluding hydrogens is 424 g/mol. The summed E-state index contributed by atoms with van der Waals surface area (Å²) in [6.45, 7) is 1.09. The first-order valence-electron chi connectivity index (χ1n) is 9.48. The van der Waals surface area contributed by atoms with Crippen LogP contribution >= 0.6 is 23.1 Å². The van der Waals surface area contributed by atoms with Crippen molar-refractivity contribution in [3.8, 4) is 0 Å². The summed E-state index contributed by atoms with van der Waals surface area (Å²) in [4.78, 5) is 42.3. The summed E-state index contributed by atoms with van der Waals surface area (Å²) in [5.74, 6) is -0.764. The van der Waals surface area contributed by atoms with Crippen LogP contribution in [-0.4, -0.2) is 39.8 Å². The van der Waals surface area contributed by atoms with Gasteiger partial charge in [0.15, 0.2) is 5.16 Å². The van der Waals surface area contributed by atoms with Crippen molar-refractivity contribution in [2.45, 2.75) is 30.6 Å². The van der Waals surface area contributed by atoms with Crippen molar-refractivity contribution < 1.29 is 14.3 Å². The summed E-state index contributed by atoms with van der Waals surface area (Å²) in [6.07, 6.45) is 1.82. The second-order valence-electron chi connectivity index (χ2n) is 6.73. The lowest BCUT2D eigenvalue weighted by Crippen LogP contribution is -2.42. The highest BCUT2D eigenvalue weighted by Crippen LogP contribution is 2.20. The van der Waals surface area contributed by atoms with Crippen LogP contribution in [0.3, 0.4) is 0 Å². The fraction of sp³-hybridized carbons (Fsp3) is 0.300. The van der Waals surface area contributed by atoms with E-state index >= 15 is 0 Å². The molecule has 2 aromatic heterocycles. The van der Waals surface area contributed by atoms with E-state index in [-0.39, 0.29) is 23.3 Å². The first-order chi connectivity index (χ1) is 14.6. The number of nitrogens with zero attached hydrogens (tertiary/aromatic N) is 2. The van der Waals surface area contributed by atoms with Gasteiger partial charge in [-0.1, -0.05) is 30.0 Å². The van der Waals surface area contributed by atoms with E-state index in [9.17, 15) is 14.4 Å². The first-order valence-corrected chi connectivity index (χ1v) is 11.3. The number of fused-ring (bicyclic) bond motifs is 1. The van der Waals surface area contributed by atoms with Crippen molar-refractivity contribution in [2.75, 3.05) is 12.4 Å². The number of rotatable bonds is 6. The van der Waals surface area contributed by atoms with Gasteiger partial charge in [-0.05, 0) is 36.4 Å². The summed E-state index contributed by atoms with van der Waals surface area (Å²) in [5, 5.41) is 2.77. The molecule has 1 fully saturated rings. The lowest BCUT2D eigenvalue weighted by molar-refractivity contribution is -0.119. The first kappa shape index (κ1) is 20.6. The fourth-order valence-electron chi connectivity index (χ4n) is 3.17. The molecule has 4 rings (SSSR count). The molecule has 0 bridgehead atoms. The second kappa shape index (κ2) is 9.41. The largest absolute Gasteiger partial charge is 0.376 e. The van der Waals surface area contributed by atoms with Gasteiger partial charge in [-0.3, -0.25) is 29.8 Å². The number of carbonyl (C=O) groups excluding carboxylic acids is 2. The third-order valence-electron chi connectivity index (χ3n) is 4.63. The molecule has 1 aliphatic heterocycles. The van der Waals surface area contributed by atoms with Crippen LogP contribution in [0, 0.1) is 0 Å². The number of hydrazine groups is 1. The van der Waals surface area contributed by atoms with Crippen molar-refractivity contribution in [1.82, 2.24) is 20.4 Å². The maximum absolute atomic E-state index is 13.0. The molecule has 1 aromatic carbocycles. The number of thioether (sulfide) groups is 1. The van der Waals surface area contributed by atoms with Crippen LogP contribution in [0.5, 0.6) is 0 Å². The number of ether oxygens (including phenoxy) is 1. The topological polar surface area (TPSA) is 102 Å². The van der Waals surface area contributed by atoms with Gasteiger partial charge in [-0.25, -0.2) is 4.98 Å². The van der Waals surface area contributed by atoms with Crippen molar-refractivity contribution in [2.24, 2.45) is 0 Å². The molecule has 3 aromatic rings. The molecule has 2 amide bonds. The van der Waals surface area contributed by atoms with E-state index in [1.807, 2.05) is 6.07 Å². The van der Waals surface area contributed by atoms with E-state index in [1.54, 1.807) is 40.3 Å². The molecule has 10 heteroatoms. The number of amides is 2. The van der Waals surface area contributed by atoms with E-state index in [2.05, 4.69) is 15.8 Å². The van der Waals surface area contributed by atoms with Gasteiger partial charge in [0.1, 0.15) is 0 Å². The average Bonchev–Trinajstić information content (AvgIpc) is 3.47. The Morgan fingerprint density at radius 3 is 2.87 bits per heavy atom. The van der Waals surface area contributed by atoms with Gasteiger partial charge in [0, 0.05) is 6.61 Å². The Balaban J connectivity index is 1.47. The highest BCUT2D eigenvalue weighted by atomic mass is 32.2. The monoisotopic (exact) mass is 444 g/mol. The van der Waals surface area contributed by atoms with Gasteiger partial charge >= 0.3 is 0 Å². The zero-order valence-electron chi connectivity index (χ0n) is 16.0. The molecule has 1 unspecified atom stereocenters. The molecule has 0 spiro atoms. The molecular formula is C20H20N4O4S2. The molecule has 0 saturated carbocycles. The zero-order chi connectivity index (χ0) is 20.9. The van der Waals surface area contributed by atoms with Crippen molar-refractivity contribution in [1.29, 1.82) is 0 Å². The number of hydrogen-bond donors (Lipinski definition) is 2. The van der Waals surface area contributed by atoms with Gasteiger partial charge in [-0.2, -0.15) is 0 Å². The number of nitrogens with one attached hydrogen (secondary N) is 2. The second-order valence-corrected chi connectivity index (χ2v) is 8.62. The Hall–Kier alpha value is -2.69. The molecule has 1 saturated heterocycles. The predicted molar refractivity (Wildman–Crippen MR) is 116 cm³/mol. The summed E-state index contributed by atoms with van der Waals surface area (Å²) in [6, 6.07) is 10.6. The number of benzene rings is 1. The van der Waals surface area contributed by atoms with Crippen LogP contribution in [0.15, 0.2) is 51.7 Å². The lowest BCUT2D eigenvalue weighted by Gasteiger charge is -2.16. The lowest BCUT2D eigenvalue weighted by atomic mass is 10.2. The smallest absolute Gasteiger partial charge is 0.279 e. The van der Waals surface area contributed by atoms with Crippen LogP contribution in [-0.2, 0) is 16.1 Å². The minimum Gasteiger partial charge on any atom is -0.376 e. The maximum atomic E-state index is 13.0. The Morgan fingerprint density at radius 2 is 2.10 bits per heavy atom. The van der Waals surface area contributed by atoms with Gasteiger partial charge in [0.05, 0.1) is 34.2 Å². The molecule has 1 atom stereocenters. The van der Waals surface area contributed by atoms with Gasteiger partial charge in [0.2, 0.25) is 5.91 Å². The van der Waals surface area contributed by atoms with Gasteiger partial charge in [0.25, 0.3) is 11.5 Å². The molecule has 1 aliphatic rings. The van der Waals surface area contributed by atoms with E-state index in [4.69, 9.17) is 4.74 Å². The summed E-state index contributed by atoms with van der Waals surface area (Å²) in [5.41, 5.74) is 5.21. The van der Waals surface area contributed by atoms with Crippen molar-refractivity contribution in [3.05, 3.63) is 57.0 Å². The Bertz CT molecular complexity index is 1110. The quantitative estimate of drug-likeness (QED) is 0.343. The Kier molecular flexibility index (Phi) is 6.46. The molecule has 8 nitrogen and oxygen atoms in total. The standard InChI is InChI=1S/C20H20N4O4S2/c25-17(22-23-18(26)16-8-4-10-29-16)12-30-20-21-15-7-2-1-6-14(15)19(27)24(20)11-13-5-3-9-28-13/h1-2,4,6-8,10,13H,3,5,9,11-12H2,(H,22,25)(H,23,26). The average molecular weight is 445 g/mol. The Morgan fingerprint density at radius 1 is 1.23 bits per heavy atom. The van der Waals surface area contributed by atoms with Crippen LogP contribution in [0.2, 0.25) is 0 Å². The SMILES string of the molecule is O=C(CSc1nc2ccccc2c(=O)n1CC1CCCO1)NNC(=O)c1cccs1. The molecule has 30 heavy (non-hydrogen) atoms. The van der Waals surface area contributed by atoms with Gasteiger partial charge < -0.3 is 4.74 Å². The molecule has 0 aliphatic carbocycles. The fourth-order valence-corrected chi connectivity index (χ4v) is 4.60.